The summed E-state index contributed by atoms with van der Waals surface area (Å²) < 4.78 is 5.23. The third-order valence-electron chi connectivity index (χ3n) is 2.29. The minimum atomic E-state index is -0.131. The number of likely N-dealkylation sites (N-methyl/N-ethyl adjacent to an activating group) is 1. The highest BCUT2D eigenvalue weighted by atomic mass is 16.5. The van der Waals surface area contributed by atoms with Crippen molar-refractivity contribution in [3.8, 4) is 0 Å². The number of ether oxygens (including phenoxy) is 1. The summed E-state index contributed by atoms with van der Waals surface area (Å²) >= 11 is 0. The van der Waals surface area contributed by atoms with E-state index in [1.165, 1.54) is 0 Å². The Hall–Kier alpha value is -0.610. The zero-order chi connectivity index (χ0) is 9.68. The Morgan fingerprint density at radius 3 is 2.69 bits per heavy atom. The molecule has 1 amide bonds. The Balaban J connectivity index is 2.44. The van der Waals surface area contributed by atoms with Crippen LogP contribution in [0.3, 0.4) is 0 Å². The van der Waals surface area contributed by atoms with Crippen LogP contribution in [0.1, 0.15) is 13.8 Å². The van der Waals surface area contributed by atoms with Crippen molar-refractivity contribution in [1.29, 1.82) is 0 Å². The third kappa shape index (κ3) is 2.67. The van der Waals surface area contributed by atoms with Gasteiger partial charge in [0.05, 0.1) is 13.2 Å². The van der Waals surface area contributed by atoms with Crippen LogP contribution < -0.4 is 5.32 Å². The molecule has 0 aromatic heterocycles. The van der Waals surface area contributed by atoms with E-state index in [0.717, 1.165) is 19.6 Å². The molecule has 1 rings (SSSR count). The highest BCUT2D eigenvalue weighted by molar-refractivity contribution is 5.82. The van der Waals surface area contributed by atoms with Gasteiger partial charge in [0.25, 0.3) is 0 Å². The molecule has 1 saturated heterocycles. The van der Waals surface area contributed by atoms with Crippen molar-refractivity contribution in [1.82, 2.24) is 10.2 Å². The maximum absolute atomic E-state index is 11.7. The lowest BCUT2D eigenvalue weighted by atomic mass is 10.2. The number of amides is 1. The number of morpholine rings is 1. The molecular formula is C9H18N2O2. The monoisotopic (exact) mass is 186 g/mol. The van der Waals surface area contributed by atoms with Gasteiger partial charge in [-0.1, -0.05) is 0 Å². The summed E-state index contributed by atoms with van der Waals surface area (Å²) in [6.07, 6.45) is 0. The molecule has 13 heavy (non-hydrogen) atoms. The van der Waals surface area contributed by atoms with Crippen LogP contribution in [-0.4, -0.2) is 49.7 Å². The first-order valence-corrected chi connectivity index (χ1v) is 4.89. The van der Waals surface area contributed by atoms with Gasteiger partial charge in [-0.05, 0) is 13.8 Å². The zero-order valence-electron chi connectivity index (χ0n) is 8.38. The molecule has 0 saturated carbocycles. The topological polar surface area (TPSA) is 41.6 Å². The second-order valence-corrected chi connectivity index (χ2v) is 3.09. The van der Waals surface area contributed by atoms with E-state index in [2.05, 4.69) is 5.32 Å². The molecule has 0 radical (unpaired) electrons. The smallest absolute Gasteiger partial charge is 0.242 e. The van der Waals surface area contributed by atoms with Crippen molar-refractivity contribution in [3.63, 3.8) is 0 Å². The number of carbonyl (C=O) groups excluding carboxylic acids is 1. The predicted octanol–water partition coefficient (Wildman–Crippen LogP) is -0.157. The molecule has 76 valence electrons. The molecule has 0 aromatic rings. The second-order valence-electron chi connectivity index (χ2n) is 3.09. The summed E-state index contributed by atoms with van der Waals surface area (Å²) in [5, 5.41) is 3.15. The standard InChI is InChI=1S/C9H18N2O2/c1-3-11(4-2)9(12)8-7-13-6-5-10-8/h8,10H,3-7H2,1-2H3/t8-/m1/s1. The molecule has 0 aliphatic carbocycles. The number of hydrogen-bond donors (Lipinski definition) is 1. The molecule has 4 nitrogen and oxygen atoms in total. The Morgan fingerprint density at radius 2 is 2.23 bits per heavy atom. The average Bonchev–Trinajstić information content (AvgIpc) is 2.21. The van der Waals surface area contributed by atoms with Gasteiger partial charge in [0.15, 0.2) is 0 Å². The maximum Gasteiger partial charge on any atom is 0.242 e. The Labute approximate surface area is 79.2 Å². The first-order valence-electron chi connectivity index (χ1n) is 4.89. The van der Waals surface area contributed by atoms with Gasteiger partial charge in [-0.25, -0.2) is 0 Å². The van der Waals surface area contributed by atoms with E-state index in [0.29, 0.717) is 13.2 Å². The molecule has 1 heterocycles. The van der Waals surface area contributed by atoms with Gasteiger partial charge >= 0.3 is 0 Å². The summed E-state index contributed by atoms with van der Waals surface area (Å²) in [5.74, 6) is 0.157. The molecule has 1 aliphatic rings. The van der Waals surface area contributed by atoms with Crippen molar-refractivity contribution in [2.75, 3.05) is 32.8 Å². The van der Waals surface area contributed by atoms with Crippen LogP contribution in [0, 0.1) is 0 Å². The highest BCUT2D eigenvalue weighted by Gasteiger charge is 2.24. The summed E-state index contributed by atoms with van der Waals surface area (Å²) in [7, 11) is 0. The molecular weight excluding hydrogens is 168 g/mol. The largest absolute Gasteiger partial charge is 0.378 e. The van der Waals surface area contributed by atoms with Crippen LogP contribution in [0.4, 0.5) is 0 Å². The molecule has 0 aromatic carbocycles. The van der Waals surface area contributed by atoms with E-state index in [1.54, 1.807) is 0 Å². The number of rotatable bonds is 3. The zero-order valence-corrected chi connectivity index (χ0v) is 8.38. The molecule has 1 N–H and O–H groups in total. The van der Waals surface area contributed by atoms with Crippen molar-refractivity contribution >= 4 is 5.91 Å². The fraction of sp³-hybridized carbons (Fsp3) is 0.889. The molecule has 0 spiro atoms. The van der Waals surface area contributed by atoms with Crippen LogP contribution in [0.25, 0.3) is 0 Å². The fourth-order valence-electron chi connectivity index (χ4n) is 1.48. The van der Waals surface area contributed by atoms with Crippen molar-refractivity contribution in [2.24, 2.45) is 0 Å². The predicted molar refractivity (Wildman–Crippen MR) is 50.5 cm³/mol. The van der Waals surface area contributed by atoms with Crippen LogP contribution >= 0.6 is 0 Å². The van der Waals surface area contributed by atoms with Gasteiger partial charge in [-0.15, -0.1) is 0 Å². The van der Waals surface area contributed by atoms with Crippen molar-refractivity contribution in [3.05, 3.63) is 0 Å². The molecule has 1 aliphatic heterocycles. The van der Waals surface area contributed by atoms with E-state index in [1.807, 2.05) is 18.7 Å². The normalized spacial score (nSPS) is 22.8. The van der Waals surface area contributed by atoms with Crippen LogP contribution in [0.2, 0.25) is 0 Å². The molecule has 0 bridgehead atoms. The van der Waals surface area contributed by atoms with Crippen LogP contribution in [0.15, 0.2) is 0 Å². The van der Waals surface area contributed by atoms with Crippen LogP contribution in [0.5, 0.6) is 0 Å². The van der Waals surface area contributed by atoms with Crippen molar-refractivity contribution in [2.45, 2.75) is 19.9 Å². The van der Waals surface area contributed by atoms with E-state index in [4.69, 9.17) is 4.74 Å². The van der Waals surface area contributed by atoms with E-state index in [-0.39, 0.29) is 11.9 Å². The SMILES string of the molecule is CCN(CC)C(=O)[C@H]1COCCN1. The quantitative estimate of drug-likeness (QED) is 0.666. The molecule has 0 unspecified atom stereocenters. The van der Waals surface area contributed by atoms with Gasteiger partial charge in [-0.3, -0.25) is 4.79 Å². The summed E-state index contributed by atoms with van der Waals surface area (Å²) in [6, 6.07) is -0.131. The van der Waals surface area contributed by atoms with Gasteiger partial charge in [-0.2, -0.15) is 0 Å². The van der Waals surface area contributed by atoms with Gasteiger partial charge in [0.2, 0.25) is 5.91 Å². The Bertz CT molecular complexity index is 163. The summed E-state index contributed by atoms with van der Waals surface area (Å²) in [6.45, 7) is 7.52. The minimum Gasteiger partial charge on any atom is -0.378 e. The maximum atomic E-state index is 11.7. The number of nitrogens with zero attached hydrogens (tertiary/aromatic N) is 1. The van der Waals surface area contributed by atoms with E-state index in [9.17, 15) is 4.79 Å². The highest BCUT2D eigenvalue weighted by Crippen LogP contribution is 1.99. The lowest BCUT2D eigenvalue weighted by Crippen LogP contribution is -2.52. The third-order valence-corrected chi connectivity index (χ3v) is 2.29. The van der Waals surface area contributed by atoms with Gasteiger partial charge < -0.3 is 15.0 Å². The molecule has 1 fully saturated rings. The van der Waals surface area contributed by atoms with Crippen LogP contribution in [-0.2, 0) is 9.53 Å². The van der Waals surface area contributed by atoms with E-state index >= 15 is 0 Å². The molecule has 1 atom stereocenters. The van der Waals surface area contributed by atoms with Gasteiger partial charge in [0, 0.05) is 19.6 Å². The summed E-state index contributed by atoms with van der Waals surface area (Å²) in [4.78, 5) is 13.6. The lowest BCUT2D eigenvalue weighted by Gasteiger charge is -2.28. The number of carbonyl (C=O) groups is 1. The lowest BCUT2D eigenvalue weighted by molar-refractivity contribution is -0.135. The Kier molecular flexibility index (Phi) is 4.18. The van der Waals surface area contributed by atoms with E-state index < -0.39 is 0 Å². The first kappa shape index (κ1) is 10.5. The summed E-state index contributed by atoms with van der Waals surface area (Å²) in [5.41, 5.74) is 0. The fourth-order valence-corrected chi connectivity index (χ4v) is 1.48. The second kappa shape index (κ2) is 5.19. The molecule has 4 heteroatoms. The average molecular weight is 186 g/mol. The number of hydrogen-bond acceptors (Lipinski definition) is 3. The van der Waals surface area contributed by atoms with Crippen molar-refractivity contribution < 1.29 is 9.53 Å². The minimum absolute atomic E-state index is 0.131. The number of nitrogens with one attached hydrogen (secondary N) is 1. The van der Waals surface area contributed by atoms with Gasteiger partial charge in [0.1, 0.15) is 6.04 Å². The Morgan fingerprint density at radius 1 is 1.54 bits per heavy atom. The first-order chi connectivity index (χ1) is 6.29.